The maximum absolute atomic E-state index is 5.87. The number of nitrogens with two attached hydrogens (primary N) is 1. The molecule has 2 N–H and O–H groups in total. The van der Waals surface area contributed by atoms with Crippen molar-refractivity contribution in [2.45, 2.75) is 39.2 Å². The van der Waals surface area contributed by atoms with Crippen molar-refractivity contribution in [3.05, 3.63) is 29.8 Å². The first-order chi connectivity index (χ1) is 9.78. The third-order valence-corrected chi connectivity index (χ3v) is 3.96. The number of likely N-dealkylation sites (tertiary alicyclic amines) is 1. The lowest BCUT2D eigenvalue weighted by atomic mass is 10.1. The molecule has 0 radical (unpaired) electrons. The molecule has 3 nitrogen and oxygen atoms in total. The van der Waals surface area contributed by atoms with E-state index < -0.39 is 0 Å². The smallest absolute Gasteiger partial charge is 0.119 e. The van der Waals surface area contributed by atoms with E-state index in [0.29, 0.717) is 12.5 Å². The van der Waals surface area contributed by atoms with Gasteiger partial charge in [-0.15, -0.1) is 0 Å². The average Bonchev–Trinajstić information content (AvgIpc) is 2.74. The molecule has 1 aromatic rings. The summed E-state index contributed by atoms with van der Waals surface area (Å²) in [5.74, 6) is 1.52. The van der Waals surface area contributed by atoms with Gasteiger partial charge in [0.25, 0.3) is 0 Å². The van der Waals surface area contributed by atoms with E-state index in [4.69, 9.17) is 10.5 Å². The average molecular weight is 276 g/mol. The molecule has 1 unspecified atom stereocenters. The molecule has 0 amide bonds. The zero-order valence-corrected chi connectivity index (χ0v) is 12.7. The van der Waals surface area contributed by atoms with Crippen LogP contribution in [0.2, 0.25) is 0 Å². The number of hydrogen-bond donors (Lipinski definition) is 1. The summed E-state index contributed by atoms with van der Waals surface area (Å²) >= 11 is 0. The summed E-state index contributed by atoms with van der Waals surface area (Å²) < 4.78 is 5.87. The second-order valence-electron chi connectivity index (χ2n) is 5.98. The van der Waals surface area contributed by atoms with Crippen molar-refractivity contribution >= 4 is 0 Å². The molecule has 0 saturated carbocycles. The Labute approximate surface area is 123 Å². The molecule has 3 heteroatoms. The second-order valence-corrected chi connectivity index (χ2v) is 5.98. The van der Waals surface area contributed by atoms with Crippen LogP contribution >= 0.6 is 0 Å². The lowest BCUT2D eigenvalue weighted by Gasteiger charge is -2.24. The molecule has 1 fully saturated rings. The Morgan fingerprint density at radius 3 is 2.35 bits per heavy atom. The van der Waals surface area contributed by atoms with Crippen LogP contribution in [0, 0.1) is 5.92 Å². The fourth-order valence-corrected chi connectivity index (χ4v) is 2.77. The molecule has 0 aliphatic carbocycles. The number of nitrogens with zero attached hydrogens (tertiary/aromatic N) is 1. The van der Waals surface area contributed by atoms with Crippen molar-refractivity contribution in [2.75, 3.05) is 26.2 Å². The van der Waals surface area contributed by atoms with Crippen LogP contribution < -0.4 is 10.5 Å². The van der Waals surface area contributed by atoms with Gasteiger partial charge in [-0.05, 0) is 43.6 Å². The van der Waals surface area contributed by atoms with E-state index in [2.05, 4.69) is 11.8 Å². The summed E-state index contributed by atoms with van der Waals surface area (Å²) in [5.41, 5.74) is 6.74. The summed E-state index contributed by atoms with van der Waals surface area (Å²) in [6.45, 7) is 7.33. The molecular formula is C17H28N2O. The van der Waals surface area contributed by atoms with E-state index in [1.807, 2.05) is 24.3 Å². The molecule has 0 bridgehead atoms. The first kappa shape index (κ1) is 15.3. The highest BCUT2D eigenvalue weighted by molar-refractivity contribution is 5.27. The van der Waals surface area contributed by atoms with Gasteiger partial charge in [0.15, 0.2) is 0 Å². The summed E-state index contributed by atoms with van der Waals surface area (Å²) in [6.07, 6.45) is 5.51. The summed E-state index contributed by atoms with van der Waals surface area (Å²) in [5, 5.41) is 0. The van der Waals surface area contributed by atoms with Crippen molar-refractivity contribution in [1.82, 2.24) is 4.90 Å². The highest BCUT2D eigenvalue weighted by Crippen LogP contribution is 2.15. The van der Waals surface area contributed by atoms with Gasteiger partial charge in [0.1, 0.15) is 5.75 Å². The van der Waals surface area contributed by atoms with Crippen LogP contribution in [0.1, 0.15) is 38.2 Å². The van der Waals surface area contributed by atoms with Gasteiger partial charge in [-0.3, -0.25) is 0 Å². The lowest BCUT2D eigenvalue weighted by Crippen LogP contribution is -2.31. The summed E-state index contributed by atoms with van der Waals surface area (Å²) in [6, 6.07) is 8.10. The number of rotatable bonds is 6. The lowest BCUT2D eigenvalue weighted by molar-refractivity contribution is 0.189. The SMILES string of the molecule is CC(COc1ccc(CN)cc1)CN1CCCCCC1. The van der Waals surface area contributed by atoms with Crippen LogP contribution in [-0.4, -0.2) is 31.1 Å². The second kappa shape index (κ2) is 8.28. The minimum atomic E-state index is 0.572. The number of hydrogen-bond acceptors (Lipinski definition) is 3. The van der Waals surface area contributed by atoms with Gasteiger partial charge in [0.2, 0.25) is 0 Å². The molecular weight excluding hydrogens is 248 g/mol. The predicted octanol–water partition coefficient (Wildman–Crippen LogP) is 3.04. The fourth-order valence-electron chi connectivity index (χ4n) is 2.77. The van der Waals surface area contributed by atoms with Gasteiger partial charge >= 0.3 is 0 Å². The van der Waals surface area contributed by atoms with Gasteiger partial charge in [-0.2, -0.15) is 0 Å². The Hall–Kier alpha value is -1.06. The van der Waals surface area contributed by atoms with Crippen molar-refractivity contribution in [3.8, 4) is 5.75 Å². The zero-order chi connectivity index (χ0) is 14.2. The van der Waals surface area contributed by atoms with Crippen molar-refractivity contribution < 1.29 is 4.74 Å². The number of benzene rings is 1. The van der Waals surface area contributed by atoms with E-state index in [9.17, 15) is 0 Å². The molecule has 112 valence electrons. The topological polar surface area (TPSA) is 38.5 Å². The summed E-state index contributed by atoms with van der Waals surface area (Å²) in [4.78, 5) is 2.60. The molecule has 1 heterocycles. The Bertz CT molecular complexity index is 369. The Balaban J connectivity index is 1.71. The highest BCUT2D eigenvalue weighted by atomic mass is 16.5. The van der Waals surface area contributed by atoms with Crippen LogP contribution in [0.25, 0.3) is 0 Å². The predicted molar refractivity (Wildman–Crippen MR) is 83.9 cm³/mol. The first-order valence-corrected chi connectivity index (χ1v) is 7.92. The molecule has 1 aliphatic heterocycles. The van der Waals surface area contributed by atoms with Crippen molar-refractivity contribution in [1.29, 1.82) is 0 Å². The molecule has 1 atom stereocenters. The number of ether oxygens (including phenoxy) is 1. The maximum atomic E-state index is 5.87. The third kappa shape index (κ3) is 5.14. The summed E-state index contributed by atoms with van der Waals surface area (Å²) in [7, 11) is 0. The third-order valence-electron chi connectivity index (χ3n) is 3.96. The molecule has 1 saturated heterocycles. The van der Waals surface area contributed by atoms with E-state index in [0.717, 1.165) is 24.5 Å². The maximum Gasteiger partial charge on any atom is 0.119 e. The van der Waals surface area contributed by atoms with Crippen molar-refractivity contribution in [2.24, 2.45) is 11.7 Å². The van der Waals surface area contributed by atoms with E-state index in [1.165, 1.54) is 38.8 Å². The van der Waals surface area contributed by atoms with Crippen LogP contribution in [0.5, 0.6) is 5.75 Å². The standard InChI is InChI=1S/C17H28N2O/c1-15(13-19-10-4-2-3-5-11-19)14-20-17-8-6-16(12-18)7-9-17/h6-9,15H,2-5,10-14,18H2,1H3. The van der Waals surface area contributed by atoms with Crippen molar-refractivity contribution in [3.63, 3.8) is 0 Å². The Morgan fingerprint density at radius 2 is 1.75 bits per heavy atom. The van der Waals surface area contributed by atoms with Crippen LogP contribution in [0.15, 0.2) is 24.3 Å². The molecule has 2 rings (SSSR count). The van der Waals surface area contributed by atoms with Crippen LogP contribution in [-0.2, 0) is 6.54 Å². The van der Waals surface area contributed by atoms with Crippen LogP contribution in [0.4, 0.5) is 0 Å². The quantitative estimate of drug-likeness (QED) is 0.868. The van der Waals surface area contributed by atoms with Gasteiger partial charge in [0, 0.05) is 19.0 Å². The molecule has 0 spiro atoms. The van der Waals surface area contributed by atoms with Gasteiger partial charge in [0.05, 0.1) is 6.61 Å². The Kier molecular flexibility index (Phi) is 6.34. The molecule has 0 aromatic heterocycles. The Morgan fingerprint density at radius 1 is 1.10 bits per heavy atom. The van der Waals surface area contributed by atoms with Gasteiger partial charge in [-0.25, -0.2) is 0 Å². The fraction of sp³-hybridized carbons (Fsp3) is 0.647. The van der Waals surface area contributed by atoms with Crippen LogP contribution in [0.3, 0.4) is 0 Å². The highest BCUT2D eigenvalue weighted by Gasteiger charge is 2.13. The first-order valence-electron chi connectivity index (χ1n) is 7.92. The van der Waals surface area contributed by atoms with E-state index in [-0.39, 0.29) is 0 Å². The van der Waals surface area contributed by atoms with Gasteiger partial charge in [-0.1, -0.05) is 31.9 Å². The normalized spacial score (nSPS) is 18.5. The van der Waals surface area contributed by atoms with Gasteiger partial charge < -0.3 is 15.4 Å². The monoisotopic (exact) mass is 276 g/mol. The molecule has 20 heavy (non-hydrogen) atoms. The van der Waals surface area contributed by atoms with E-state index in [1.54, 1.807) is 0 Å². The molecule has 1 aliphatic rings. The minimum Gasteiger partial charge on any atom is -0.493 e. The largest absolute Gasteiger partial charge is 0.493 e. The zero-order valence-electron chi connectivity index (χ0n) is 12.7. The van der Waals surface area contributed by atoms with E-state index >= 15 is 0 Å². The molecule has 1 aromatic carbocycles. The minimum absolute atomic E-state index is 0.572.